The van der Waals surface area contributed by atoms with Crippen molar-refractivity contribution >= 4 is 22.4 Å². The summed E-state index contributed by atoms with van der Waals surface area (Å²) in [5, 5.41) is 5.84. The van der Waals surface area contributed by atoms with Crippen molar-refractivity contribution in [2.45, 2.75) is 6.18 Å². The number of carbonyl (C=O) groups excluding carboxylic acids is 1. The molecule has 0 bridgehead atoms. The van der Waals surface area contributed by atoms with E-state index in [2.05, 4.69) is 14.9 Å². The van der Waals surface area contributed by atoms with Gasteiger partial charge in [-0.05, 0) is 18.2 Å². The monoisotopic (exact) mass is 291 g/mol. The van der Waals surface area contributed by atoms with Crippen LogP contribution < -0.4 is 5.32 Å². The van der Waals surface area contributed by atoms with Crippen LogP contribution in [0.2, 0.25) is 0 Å². The van der Waals surface area contributed by atoms with Crippen LogP contribution in [-0.4, -0.2) is 15.5 Å². The van der Waals surface area contributed by atoms with Crippen molar-refractivity contribution in [3.05, 3.63) is 41.3 Å². The standard InChI is InChI=1S/C10H5F4N3OS/c11-7-2-1-5(10(12,13)14)3-6(7)9(18)16-8-4-15-17-19-8/h1-4H,(H,16,18). The van der Waals surface area contributed by atoms with Crippen molar-refractivity contribution in [2.24, 2.45) is 0 Å². The quantitative estimate of drug-likeness (QED) is 0.865. The second-order valence-electron chi connectivity index (χ2n) is 3.43. The lowest BCUT2D eigenvalue weighted by Crippen LogP contribution is -2.15. The first-order valence-electron chi connectivity index (χ1n) is 4.83. The van der Waals surface area contributed by atoms with Gasteiger partial charge >= 0.3 is 6.18 Å². The number of benzene rings is 1. The van der Waals surface area contributed by atoms with Crippen molar-refractivity contribution in [2.75, 3.05) is 5.32 Å². The largest absolute Gasteiger partial charge is 0.416 e. The lowest BCUT2D eigenvalue weighted by atomic mass is 10.1. The molecule has 1 amide bonds. The lowest BCUT2D eigenvalue weighted by Gasteiger charge is -2.09. The predicted molar refractivity (Wildman–Crippen MR) is 59.3 cm³/mol. The smallest absolute Gasteiger partial charge is 0.311 e. The molecular weight excluding hydrogens is 286 g/mol. The number of rotatable bonds is 2. The number of halogens is 4. The lowest BCUT2D eigenvalue weighted by molar-refractivity contribution is -0.137. The van der Waals surface area contributed by atoms with E-state index in [0.29, 0.717) is 18.2 Å². The summed E-state index contributed by atoms with van der Waals surface area (Å²) in [5.41, 5.74) is -1.79. The van der Waals surface area contributed by atoms with Gasteiger partial charge < -0.3 is 5.32 Å². The van der Waals surface area contributed by atoms with Crippen LogP contribution in [0.5, 0.6) is 0 Å². The molecule has 19 heavy (non-hydrogen) atoms. The first kappa shape index (κ1) is 13.4. The minimum Gasteiger partial charge on any atom is -0.311 e. The molecule has 1 N–H and O–H groups in total. The maximum Gasteiger partial charge on any atom is 0.416 e. The molecule has 1 aromatic heterocycles. The molecule has 0 saturated carbocycles. The second-order valence-corrected chi connectivity index (χ2v) is 4.21. The summed E-state index contributed by atoms with van der Waals surface area (Å²) in [6.45, 7) is 0. The summed E-state index contributed by atoms with van der Waals surface area (Å²) in [4.78, 5) is 11.6. The number of aromatic nitrogens is 2. The summed E-state index contributed by atoms with van der Waals surface area (Å²) in [6.07, 6.45) is -3.44. The normalized spacial score (nSPS) is 11.4. The van der Waals surface area contributed by atoms with Gasteiger partial charge in [-0.3, -0.25) is 4.79 Å². The third-order valence-electron chi connectivity index (χ3n) is 2.14. The fraction of sp³-hybridized carbons (Fsp3) is 0.100. The van der Waals surface area contributed by atoms with Crippen LogP contribution in [0.3, 0.4) is 0 Å². The van der Waals surface area contributed by atoms with Gasteiger partial charge in [0.25, 0.3) is 5.91 Å². The van der Waals surface area contributed by atoms with E-state index in [1.807, 2.05) is 0 Å². The van der Waals surface area contributed by atoms with E-state index >= 15 is 0 Å². The van der Waals surface area contributed by atoms with Gasteiger partial charge in [0.05, 0.1) is 17.3 Å². The number of hydrogen-bond acceptors (Lipinski definition) is 4. The Morgan fingerprint density at radius 2 is 2.05 bits per heavy atom. The number of hydrogen-bond donors (Lipinski definition) is 1. The molecule has 0 fully saturated rings. The molecule has 2 rings (SSSR count). The Morgan fingerprint density at radius 3 is 2.63 bits per heavy atom. The molecule has 0 aliphatic carbocycles. The highest BCUT2D eigenvalue weighted by Crippen LogP contribution is 2.30. The maximum atomic E-state index is 13.4. The molecular formula is C10H5F4N3OS. The first-order valence-corrected chi connectivity index (χ1v) is 5.61. The zero-order chi connectivity index (χ0) is 14.0. The van der Waals surface area contributed by atoms with E-state index in [-0.39, 0.29) is 5.00 Å². The summed E-state index contributed by atoms with van der Waals surface area (Å²) in [7, 11) is 0. The van der Waals surface area contributed by atoms with Crippen molar-refractivity contribution in [3.63, 3.8) is 0 Å². The predicted octanol–water partition coefficient (Wildman–Crippen LogP) is 2.95. The fourth-order valence-electron chi connectivity index (χ4n) is 1.28. The van der Waals surface area contributed by atoms with E-state index in [9.17, 15) is 22.4 Å². The molecule has 0 radical (unpaired) electrons. The summed E-state index contributed by atoms with van der Waals surface area (Å²) in [6, 6.07) is 1.63. The molecule has 1 heterocycles. The van der Waals surface area contributed by atoms with Crippen molar-refractivity contribution in [1.82, 2.24) is 9.59 Å². The maximum absolute atomic E-state index is 13.4. The summed E-state index contributed by atoms with van der Waals surface area (Å²) < 4.78 is 54.2. The first-order chi connectivity index (χ1) is 8.88. The highest BCUT2D eigenvalue weighted by atomic mass is 32.1. The molecule has 100 valence electrons. The summed E-state index contributed by atoms with van der Waals surface area (Å²) in [5.74, 6) is -2.03. The number of alkyl halides is 3. The van der Waals surface area contributed by atoms with E-state index in [1.165, 1.54) is 6.20 Å². The Bertz CT molecular complexity index is 597. The van der Waals surface area contributed by atoms with E-state index in [4.69, 9.17) is 0 Å². The Morgan fingerprint density at radius 1 is 1.32 bits per heavy atom. The molecule has 9 heteroatoms. The average Bonchev–Trinajstić information content (AvgIpc) is 2.80. The Balaban J connectivity index is 2.31. The molecule has 4 nitrogen and oxygen atoms in total. The highest BCUT2D eigenvalue weighted by molar-refractivity contribution is 7.10. The Labute approximate surface area is 108 Å². The molecule has 0 aliphatic heterocycles. The van der Waals surface area contributed by atoms with Crippen LogP contribution in [0.15, 0.2) is 24.4 Å². The number of nitrogens with one attached hydrogen (secondary N) is 1. The van der Waals surface area contributed by atoms with Gasteiger partial charge in [0, 0.05) is 11.5 Å². The average molecular weight is 291 g/mol. The highest BCUT2D eigenvalue weighted by Gasteiger charge is 2.32. The number of anilines is 1. The van der Waals surface area contributed by atoms with Gasteiger partial charge in [-0.1, -0.05) is 4.49 Å². The van der Waals surface area contributed by atoms with Crippen LogP contribution in [0.1, 0.15) is 15.9 Å². The van der Waals surface area contributed by atoms with Gasteiger partial charge in [0.15, 0.2) is 0 Å². The SMILES string of the molecule is O=C(Nc1cnns1)c1cc(C(F)(F)F)ccc1F. The molecule has 2 aromatic rings. The molecule has 0 aliphatic rings. The Kier molecular flexibility index (Phi) is 3.47. The zero-order valence-corrected chi connectivity index (χ0v) is 9.85. The number of amides is 1. The molecule has 0 saturated heterocycles. The third kappa shape index (κ3) is 3.05. The minimum absolute atomic E-state index is 0.210. The van der Waals surface area contributed by atoms with E-state index in [1.54, 1.807) is 0 Å². The minimum atomic E-state index is -4.64. The third-order valence-corrected chi connectivity index (χ3v) is 2.72. The second kappa shape index (κ2) is 4.92. The van der Waals surface area contributed by atoms with Crippen LogP contribution in [0.25, 0.3) is 0 Å². The number of carbonyl (C=O) groups is 1. The molecule has 0 spiro atoms. The van der Waals surface area contributed by atoms with Gasteiger partial charge in [-0.25, -0.2) is 4.39 Å². The zero-order valence-electron chi connectivity index (χ0n) is 9.03. The van der Waals surface area contributed by atoms with Gasteiger partial charge in [-0.2, -0.15) is 13.2 Å². The topological polar surface area (TPSA) is 54.9 Å². The van der Waals surface area contributed by atoms with Gasteiger partial charge in [-0.15, -0.1) is 5.10 Å². The van der Waals surface area contributed by atoms with Crippen molar-refractivity contribution < 1.29 is 22.4 Å². The van der Waals surface area contributed by atoms with Gasteiger partial charge in [0.1, 0.15) is 10.8 Å². The molecule has 0 unspecified atom stereocenters. The summed E-state index contributed by atoms with van der Waals surface area (Å²) >= 11 is 0.824. The number of nitrogens with zero attached hydrogens (tertiary/aromatic N) is 2. The van der Waals surface area contributed by atoms with Crippen LogP contribution in [0, 0.1) is 5.82 Å². The van der Waals surface area contributed by atoms with Crippen LogP contribution in [0.4, 0.5) is 22.6 Å². The van der Waals surface area contributed by atoms with Crippen molar-refractivity contribution in [1.29, 1.82) is 0 Å². The molecule has 1 aromatic carbocycles. The Hall–Kier alpha value is -2.03. The molecule has 0 atom stereocenters. The van der Waals surface area contributed by atoms with Crippen LogP contribution >= 0.6 is 11.5 Å². The van der Waals surface area contributed by atoms with E-state index < -0.39 is 29.0 Å². The van der Waals surface area contributed by atoms with Crippen molar-refractivity contribution in [3.8, 4) is 0 Å². The fourth-order valence-corrected chi connectivity index (χ4v) is 1.69. The van der Waals surface area contributed by atoms with E-state index in [0.717, 1.165) is 11.5 Å². The van der Waals surface area contributed by atoms with Gasteiger partial charge in [0.2, 0.25) is 0 Å². The van der Waals surface area contributed by atoms with Crippen LogP contribution in [-0.2, 0) is 6.18 Å².